The number of nitrogens with one attached hydrogen (secondary N) is 1. The molecule has 0 aliphatic rings. The molecule has 9 heteroatoms. The second-order valence-electron chi connectivity index (χ2n) is 3.86. The van der Waals surface area contributed by atoms with Gasteiger partial charge in [0.05, 0.1) is 24.7 Å². The number of nitro groups is 1. The first-order valence-electron chi connectivity index (χ1n) is 5.96. The van der Waals surface area contributed by atoms with Crippen LogP contribution in [0.15, 0.2) is 18.2 Å². The van der Waals surface area contributed by atoms with E-state index in [9.17, 15) is 19.7 Å². The minimum Gasteiger partial charge on any atom is -0.496 e. The summed E-state index contributed by atoms with van der Waals surface area (Å²) >= 11 is 0. The molecule has 0 bridgehead atoms. The second kappa shape index (κ2) is 7.20. The Balaban J connectivity index is 2.94. The first-order chi connectivity index (χ1) is 9.90. The lowest BCUT2D eigenvalue weighted by atomic mass is 10.2. The van der Waals surface area contributed by atoms with Gasteiger partial charge in [-0.15, -0.1) is 0 Å². The number of benzene rings is 1. The zero-order valence-corrected chi connectivity index (χ0v) is 11.5. The predicted octanol–water partition coefficient (Wildman–Crippen LogP) is 0.432. The fourth-order valence-electron chi connectivity index (χ4n) is 1.44. The number of nitro benzene ring substituents is 1. The van der Waals surface area contributed by atoms with Crippen LogP contribution < -0.4 is 15.8 Å². The number of anilines is 1. The molecule has 1 amide bonds. The third kappa shape index (κ3) is 4.14. The first kappa shape index (κ1) is 16.4. The van der Waals surface area contributed by atoms with Crippen molar-refractivity contribution in [1.29, 1.82) is 0 Å². The van der Waals surface area contributed by atoms with E-state index in [1.54, 1.807) is 6.92 Å². The number of nitrogens with two attached hydrogens (primary N) is 1. The zero-order chi connectivity index (χ0) is 16.0. The van der Waals surface area contributed by atoms with Crippen LogP contribution in [0.5, 0.6) is 5.75 Å². The molecule has 3 N–H and O–H groups in total. The summed E-state index contributed by atoms with van der Waals surface area (Å²) < 4.78 is 9.46. The molecule has 0 aliphatic heterocycles. The van der Waals surface area contributed by atoms with Gasteiger partial charge in [-0.05, 0) is 19.1 Å². The molecule has 21 heavy (non-hydrogen) atoms. The van der Waals surface area contributed by atoms with Crippen LogP contribution in [0.3, 0.4) is 0 Å². The van der Waals surface area contributed by atoms with Gasteiger partial charge in [0.2, 0.25) is 0 Å². The van der Waals surface area contributed by atoms with Crippen LogP contribution in [0.2, 0.25) is 0 Å². The van der Waals surface area contributed by atoms with Crippen LogP contribution in [-0.4, -0.2) is 36.6 Å². The number of methoxy groups -OCH3 is 1. The Morgan fingerprint density at radius 1 is 1.48 bits per heavy atom. The van der Waals surface area contributed by atoms with Crippen molar-refractivity contribution in [2.75, 3.05) is 19.0 Å². The molecular weight excluding hydrogens is 282 g/mol. The van der Waals surface area contributed by atoms with Crippen LogP contribution in [0.4, 0.5) is 11.4 Å². The van der Waals surface area contributed by atoms with Crippen LogP contribution in [0.25, 0.3) is 0 Å². The number of amides is 1. The molecule has 0 aromatic heterocycles. The van der Waals surface area contributed by atoms with Gasteiger partial charge in [0.25, 0.3) is 11.6 Å². The Morgan fingerprint density at radius 3 is 2.67 bits per heavy atom. The van der Waals surface area contributed by atoms with Crippen molar-refractivity contribution >= 4 is 23.3 Å². The molecule has 1 aromatic carbocycles. The number of rotatable bonds is 6. The van der Waals surface area contributed by atoms with Gasteiger partial charge in [-0.1, -0.05) is 0 Å². The fourth-order valence-corrected chi connectivity index (χ4v) is 1.44. The highest BCUT2D eigenvalue weighted by Crippen LogP contribution is 2.28. The molecule has 0 saturated heterocycles. The van der Waals surface area contributed by atoms with Crippen molar-refractivity contribution in [3.8, 4) is 5.75 Å². The number of nitrogens with zero attached hydrogens (tertiary/aromatic N) is 1. The summed E-state index contributed by atoms with van der Waals surface area (Å²) in [5.41, 5.74) is 4.93. The standard InChI is InChI=1S/C12H15N3O6/c1-3-21-12(17)10(13)11(16)14-8-5-4-7(20-2)6-9(8)15(18)19/h4-6,10H,3,13H2,1-2H3,(H,14,16). The third-order valence-corrected chi connectivity index (χ3v) is 2.48. The maximum atomic E-state index is 11.8. The Hall–Kier alpha value is -2.68. The highest BCUT2D eigenvalue weighted by Gasteiger charge is 2.26. The van der Waals surface area contributed by atoms with E-state index in [-0.39, 0.29) is 23.7 Å². The Kier molecular flexibility index (Phi) is 5.61. The molecule has 0 radical (unpaired) electrons. The highest BCUT2D eigenvalue weighted by molar-refractivity contribution is 6.08. The monoisotopic (exact) mass is 297 g/mol. The highest BCUT2D eigenvalue weighted by atomic mass is 16.6. The van der Waals surface area contributed by atoms with Gasteiger partial charge in [-0.3, -0.25) is 14.9 Å². The minimum atomic E-state index is -1.56. The molecule has 0 spiro atoms. The average molecular weight is 297 g/mol. The van der Waals surface area contributed by atoms with Gasteiger partial charge in [0.1, 0.15) is 11.4 Å². The summed E-state index contributed by atoms with van der Waals surface area (Å²) in [4.78, 5) is 33.4. The smallest absolute Gasteiger partial charge is 0.332 e. The summed E-state index contributed by atoms with van der Waals surface area (Å²) in [7, 11) is 1.36. The first-order valence-corrected chi connectivity index (χ1v) is 5.96. The lowest BCUT2D eigenvalue weighted by Crippen LogP contribution is -2.43. The Morgan fingerprint density at radius 2 is 2.14 bits per heavy atom. The molecule has 0 saturated carbocycles. The van der Waals surface area contributed by atoms with Crippen molar-refractivity contribution in [3.05, 3.63) is 28.3 Å². The predicted molar refractivity (Wildman–Crippen MR) is 72.9 cm³/mol. The molecule has 1 aromatic rings. The maximum absolute atomic E-state index is 11.8. The number of carbonyl (C=O) groups excluding carboxylic acids is 2. The number of hydrogen-bond acceptors (Lipinski definition) is 7. The van der Waals surface area contributed by atoms with Crippen LogP contribution >= 0.6 is 0 Å². The van der Waals surface area contributed by atoms with Crippen molar-refractivity contribution < 1.29 is 24.0 Å². The van der Waals surface area contributed by atoms with Crippen molar-refractivity contribution in [2.45, 2.75) is 13.0 Å². The van der Waals surface area contributed by atoms with Crippen LogP contribution in [-0.2, 0) is 14.3 Å². The quantitative estimate of drug-likeness (QED) is 0.336. The molecule has 0 heterocycles. The lowest BCUT2D eigenvalue weighted by Gasteiger charge is -2.11. The second-order valence-corrected chi connectivity index (χ2v) is 3.86. The van der Waals surface area contributed by atoms with E-state index >= 15 is 0 Å². The minimum absolute atomic E-state index is 0.0719. The topological polar surface area (TPSA) is 134 Å². The van der Waals surface area contributed by atoms with Gasteiger partial charge in [-0.2, -0.15) is 0 Å². The molecule has 1 unspecified atom stereocenters. The largest absolute Gasteiger partial charge is 0.496 e. The molecule has 114 valence electrons. The summed E-state index contributed by atoms with van der Waals surface area (Å²) in [5.74, 6) is -1.55. The normalized spacial score (nSPS) is 11.4. The van der Waals surface area contributed by atoms with E-state index in [0.29, 0.717) is 0 Å². The molecular formula is C12H15N3O6. The average Bonchev–Trinajstić information content (AvgIpc) is 2.46. The van der Waals surface area contributed by atoms with Crippen molar-refractivity contribution in [2.24, 2.45) is 5.73 Å². The Bertz CT molecular complexity index is 560. The van der Waals surface area contributed by atoms with Gasteiger partial charge in [0.15, 0.2) is 6.04 Å². The third-order valence-electron chi connectivity index (χ3n) is 2.48. The lowest BCUT2D eigenvalue weighted by molar-refractivity contribution is -0.384. The fraction of sp³-hybridized carbons (Fsp3) is 0.333. The van der Waals surface area contributed by atoms with Crippen molar-refractivity contribution in [1.82, 2.24) is 0 Å². The van der Waals surface area contributed by atoms with Gasteiger partial charge >= 0.3 is 5.97 Å². The maximum Gasteiger partial charge on any atom is 0.332 e. The number of carbonyl (C=O) groups is 2. The molecule has 1 atom stereocenters. The van der Waals surface area contributed by atoms with Crippen LogP contribution in [0.1, 0.15) is 6.92 Å². The van der Waals surface area contributed by atoms with Crippen molar-refractivity contribution in [3.63, 3.8) is 0 Å². The summed E-state index contributed by atoms with van der Waals surface area (Å²) in [5, 5.41) is 13.2. The van der Waals surface area contributed by atoms with Gasteiger partial charge in [0, 0.05) is 0 Å². The van der Waals surface area contributed by atoms with Gasteiger partial charge in [-0.25, -0.2) is 4.79 Å². The van der Waals surface area contributed by atoms with E-state index in [1.807, 2.05) is 0 Å². The summed E-state index contributed by atoms with van der Waals surface area (Å²) in [6.07, 6.45) is 0. The SMILES string of the molecule is CCOC(=O)C(N)C(=O)Nc1ccc(OC)cc1[N+](=O)[O-]. The molecule has 0 fully saturated rings. The molecule has 9 nitrogen and oxygen atoms in total. The number of hydrogen-bond donors (Lipinski definition) is 2. The van der Waals surface area contributed by atoms with E-state index in [2.05, 4.69) is 10.1 Å². The van der Waals surface area contributed by atoms with Gasteiger partial charge < -0.3 is 20.5 Å². The number of ether oxygens (including phenoxy) is 2. The zero-order valence-electron chi connectivity index (χ0n) is 11.5. The van der Waals surface area contributed by atoms with E-state index < -0.39 is 22.8 Å². The van der Waals surface area contributed by atoms with E-state index in [0.717, 1.165) is 6.07 Å². The number of esters is 1. The summed E-state index contributed by atoms with van der Waals surface area (Å²) in [6, 6.07) is 2.29. The van der Waals surface area contributed by atoms with Crippen LogP contribution in [0, 0.1) is 10.1 Å². The Labute approximate surface area is 120 Å². The van der Waals surface area contributed by atoms with E-state index in [4.69, 9.17) is 10.5 Å². The summed E-state index contributed by atoms with van der Waals surface area (Å²) in [6.45, 7) is 1.64. The van der Waals surface area contributed by atoms with E-state index in [1.165, 1.54) is 19.2 Å². The molecule has 1 rings (SSSR count). The molecule has 0 aliphatic carbocycles.